The molecule has 1 N–H and O–H groups in total. The Hall–Kier alpha value is -3.07. The third kappa shape index (κ3) is 3.46. The molecule has 24 heavy (non-hydrogen) atoms. The number of carbonyl (C=O) groups is 2. The van der Waals surface area contributed by atoms with Gasteiger partial charge in [0, 0.05) is 5.56 Å². The van der Waals surface area contributed by atoms with Crippen LogP contribution in [0.5, 0.6) is 0 Å². The number of rotatable bonds is 4. The van der Waals surface area contributed by atoms with Gasteiger partial charge in [-0.05, 0) is 44.9 Å². The predicted molar refractivity (Wildman–Crippen MR) is 87.7 cm³/mol. The fourth-order valence-corrected chi connectivity index (χ4v) is 2.19. The van der Waals surface area contributed by atoms with Crippen molar-refractivity contribution >= 4 is 17.8 Å². The summed E-state index contributed by atoms with van der Waals surface area (Å²) in [7, 11) is 0. The summed E-state index contributed by atoms with van der Waals surface area (Å²) < 4.78 is 10.4. The van der Waals surface area contributed by atoms with Crippen molar-refractivity contribution in [3.05, 3.63) is 51.8 Å². The summed E-state index contributed by atoms with van der Waals surface area (Å²) in [6.45, 7) is 6.68. The second kappa shape index (κ2) is 7.01. The molecule has 6 heteroatoms. The second-order valence-electron chi connectivity index (χ2n) is 5.47. The molecule has 0 saturated carbocycles. The van der Waals surface area contributed by atoms with Gasteiger partial charge in [0.05, 0.1) is 5.56 Å². The van der Waals surface area contributed by atoms with Crippen LogP contribution < -0.4 is 5.32 Å². The average Bonchev–Trinajstić information content (AvgIpc) is 2.81. The van der Waals surface area contributed by atoms with Crippen LogP contribution >= 0.6 is 0 Å². The predicted octanol–water partition coefficient (Wildman–Crippen LogP) is 3.18. The Morgan fingerprint density at radius 2 is 1.92 bits per heavy atom. The minimum atomic E-state index is -0.571. The van der Waals surface area contributed by atoms with Gasteiger partial charge in [-0.15, -0.1) is 0 Å². The molecule has 0 radical (unpaired) electrons. The Bertz CT molecular complexity index is 843. The number of nitrogens with zero attached hydrogens (tertiary/aromatic N) is 1. The van der Waals surface area contributed by atoms with Gasteiger partial charge in [0.25, 0.3) is 5.91 Å². The van der Waals surface area contributed by atoms with Crippen molar-refractivity contribution in [1.29, 1.82) is 5.26 Å². The summed E-state index contributed by atoms with van der Waals surface area (Å²) in [6, 6.07) is 7.28. The van der Waals surface area contributed by atoms with Gasteiger partial charge in [-0.3, -0.25) is 10.1 Å². The number of nitriles is 1. The molecule has 0 atom stereocenters. The van der Waals surface area contributed by atoms with Crippen LogP contribution in [0.2, 0.25) is 0 Å². The van der Waals surface area contributed by atoms with Gasteiger partial charge in [0.15, 0.2) is 6.61 Å². The van der Waals surface area contributed by atoms with E-state index in [2.05, 4.69) is 5.32 Å². The zero-order valence-electron chi connectivity index (χ0n) is 14.0. The Kier molecular flexibility index (Phi) is 5.05. The van der Waals surface area contributed by atoms with E-state index in [0.29, 0.717) is 16.9 Å². The molecule has 0 bridgehead atoms. The van der Waals surface area contributed by atoms with Gasteiger partial charge in [0.1, 0.15) is 17.4 Å². The first-order valence-corrected chi connectivity index (χ1v) is 7.38. The van der Waals surface area contributed by atoms with Crippen LogP contribution in [0.25, 0.3) is 0 Å². The Labute approximate surface area is 140 Å². The van der Waals surface area contributed by atoms with E-state index in [1.54, 1.807) is 26.0 Å². The number of benzene rings is 1. The highest BCUT2D eigenvalue weighted by atomic mass is 16.5. The number of carbonyl (C=O) groups excluding carboxylic acids is 2. The zero-order chi connectivity index (χ0) is 17.9. The molecule has 124 valence electrons. The van der Waals surface area contributed by atoms with Gasteiger partial charge in [-0.25, -0.2) is 4.79 Å². The van der Waals surface area contributed by atoms with E-state index in [-0.39, 0.29) is 11.4 Å². The maximum atomic E-state index is 12.1. The van der Waals surface area contributed by atoms with E-state index in [0.717, 1.165) is 11.1 Å². The van der Waals surface area contributed by atoms with Gasteiger partial charge in [0.2, 0.25) is 5.88 Å². The number of ether oxygens (including phenoxy) is 1. The van der Waals surface area contributed by atoms with Crippen LogP contribution in [0.15, 0.2) is 22.6 Å². The normalized spacial score (nSPS) is 10.1. The van der Waals surface area contributed by atoms with Crippen molar-refractivity contribution in [2.24, 2.45) is 0 Å². The smallest absolute Gasteiger partial charge is 0.338 e. The first-order valence-electron chi connectivity index (χ1n) is 7.38. The van der Waals surface area contributed by atoms with Gasteiger partial charge in [-0.1, -0.05) is 12.1 Å². The van der Waals surface area contributed by atoms with Crippen LogP contribution in [-0.2, 0) is 9.53 Å². The van der Waals surface area contributed by atoms with E-state index in [1.807, 2.05) is 26.0 Å². The molecule has 0 aliphatic heterocycles. The molecular weight excluding hydrogens is 308 g/mol. The minimum absolute atomic E-state index is 0.0697. The van der Waals surface area contributed by atoms with E-state index in [1.165, 1.54) is 0 Å². The van der Waals surface area contributed by atoms with Crippen molar-refractivity contribution in [1.82, 2.24) is 0 Å². The molecule has 0 aliphatic carbocycles. The number of furan rings is 1. The zero-order valence-corrected chi connectivity index (χ0v) is 14.0. The molecule has 2 aromatic rings. The summed E-state index contributed by atoms with van der Waals surface area (Å²) in [5.74, 6) is -0.521. The molecule has 0 spiro atoms. The summed E-state index contributed by atoms with van der Waals surface area (Å²) >= 11 is 0. The maximum absolute atomic E-state index is 12.1. The summed E-state index contributed by atoms with van der Waals surface area (Å²) in [5, 5.41) is 11.6. The molecule has 0 unspecified atom stereocenters. The van der Waals surface area contributed by atoms with Crippen LogP contribution in [-0.4, -0.2) is 18.5 Å². The number of esters is 1. The lowest BCUT2D eigenvalue weighted by Gasteiger charge is -2.08. The maximum Gasteiger partial charge on any atom is 0.338 e. The lowest BCUT2D eigenvalue weighted by atomic mass is 10.0. The third-order valence-electron chi connectivity index (χ3n) is 3.91. The quantitative estimate of drug-likeness (QED) is 0.871. The van der Waals surface area contributed by atoms with E-state index in [4.69, 9.17) is 14.4 Å². The van der Waals surface area contributed by atoms with Gasteiger partial charge >= 0.3 is 5.97 Å². The van der Waals surface area contributed by atoms with Crippen molar-refractivity contribution in [2.45, 2.75) is 27.7 Å². The summed E-state index contributed by atoms with van der Waals surface area (Å²) in [4.78, 5) is 24.0. The van der Waals surface area contributed by atoms with Crippen molar-refractivity contribution in [3.8, 4) is 6.07 Å². The third-order valence-corrected chi connectivity index (χ3v) is 3.91. The highest BCUT2D eigenvalue weighted by Gasteiger charge is 2.18. The number of hydrogen-bond acceptors (Lipinski definition) is 5. The Balaban J connectivity index is 2.01. The lowest BCUT2D eigenvalue weighted by Crippen LogP contribution is -2.21. The molecule has 1 aromatic heterocycles. The van der Waals surface area contributed by atoms with E-state index in [9.17, 15) is 9.59 Å². The van der Waals surface area contributed by atoms with Gasteiger partial charge < -0.3 is 9.15 Å². The molecule has 1 heterocycles. The first kappa shape index (κ1) is 17.3. The lowest BCUT2D eigenvalue weighted by molar-refractivity contribution is -0.119. The molecule has 1 amide bonds. The summed E-state index contributed by atoms with van der Waals surface area (Å²) in [5.41, 5.74) is 3.13. The van der Waals surface area contributed by atoms with Crippen LogP contribution in [0.4, 0.5) is 5.88 Å². The molecule has 0 saturated heterocycles. The van der Waals surface area contributed by atoms with E-state index < -0.39 is 18.5 Å². The van der Waals surface area contributed by atoms with Gasteiger partial charge in [-0.2, -0.15) is 5.26 Å². The highest BCUT2D eigenvalue weighted by molar-refractivity contribution is 5.96. The highest BCUT2D eigenvalue weighted by Crippen LogP contribution is 2.25. The molecular formula is C18H18N2O4. The fourth-order valence-electron chi connectivity index (χ4n) is 2.19. The van der Waals surface area contributed by atoms with Crippen molar-refractivity contribution in [2.75, 3.05) is 11.9 Å². The second-order valence-corrected chi connectivity index (χ2v) is 5.47. The number of hydrogen-bond donors (Lipinski definition) is 1. The molecule has 0 aliphatic rings. The van der Waals surface area contributed by atoms with E-state index >= 15 is 0 Å². The van der Waals surface area contributed by atoms with Crippen molar-refractivity contribution < 1.29 is 18.7 Å². The SMILES string of the molecule is Cc1cccc(C(=O)OCC(=O)Nc2oc(C)c(C)c2C#N)c1C. The largest absolute Gasteiger partial charge is 0.452 e. The van der Waals surface area contributed by atoms with Crippen LogP contribution in [0, 0.1) is 39.0 Å². The number of nitrogens with one attached hydrogen (secondary N) is 1. The first-order chi connectivity index (χ1) is 11.3. The number of anilines is 1. The van der Waals surface area contributed by atoms with Crippen molar-refractivity contribution in [3.63, 3.8) is 0 Å². The molecule has 6 nitrogen and oxygen atoms in total. The Morgan fingerprint density at radius 1 is 1.21 bits per heavy atom. The number of aryl methyl sites for hydroxylation is 2. The van der Waals surface area contributed by atoms with Crippen LogP contribution in [0.3, 0.4) is 0 Å². The molecule has 2 rings (SSSR count). The summed E-state index contributed by atoms with van der Waals surface area (Å²) in [6.07, 6.45) is 0. The minimum Gasteiger partial charge on any atom is -0.452 e. The topological polar surface area (TPSA) is 92.3 Å². The standard InChI is InChI=1S/C18H18N2O4/c1-10-6-5-7-14(11(10)2)18(22)23-9-16(21)20-17-15(8-19)12(3)13(4)24-17/h5-7H,9H2,1-4H3,(H,20,21). The monoisotopic (exact) mass is 326 g/mol. The molecule has 0 fully saturated rings. The van der Waals surface area contributed by atoms with Crippen LogP contribution in [0.1, 0.15) is 38.4 Å². The Morgan fingerprint density at radius 3 is 2.58 bits per heavy atom. The molecule has 1 aromatic carbocycles. The number of amides is 1. The average molecular weight is 326 g/mol. The fraction of sp³-hybridized carbons (Fsp3) is 0.278.